The summed E-state index contributed by atoms with van der Waals surface area (Å²) in [4.78, 5) is 0. The van der Waals surface area contributed by atoms with Gasteiger partial charge in [-0.1, -0.05) is 13.8 Å². The molecule has 1 N–H and O–H groups in total. The summed E-state index contributed by atoms with van der Waals surface area (Å²) in [5.41, 5.74) is 0.434. The number of nitrogens with one attached hydrogen (secondary N) is 1. The fourth-order valence-corrected chi connectivity index (χ4v) is 1.41. The van der Waals surface area contributed by atoms with Gasteiger partial charge in [0, 0.05) is 6.04 Å². The number of hydrogen-bond donors (Lipinski definition) is 1. The molecule has 0 saturated carbocycles. The van der Waals surface area contributed by atoms with Crippen LogP contribution < -0.4 is 5.32 Å². The third-order valence-corrected chi connectivity index (χ3v) is 2.87. The minimum Gasteiger partial charge on any atom is -0.314 e. The summed E-state index contributed by atoms with van der Waals surface area (Å²) >= 11 is 0. The third-order valence-electron chi connectivity index (χ3n) is 2.87. The fourth-order valence-electron chi connectivity index (χ4n) is 1.41. The van der Waals surface area contributed by atoms with Crippen LogP contribution in [0.4, 0.5) is 8.78 Å². The Balaban J connectivity index is 2.45. The van der Waals surface area contributed by atoms with E-state index in [9.17, 15) is 8.78 Å². The van der Waals surface area contributed by atoms with Gasteiger partial charge in [0.25, 0.3) is 0 Å². The molecular weight excluding hydrogens is 208 g/mol. The zero-order valence-corrected chi connectivity index (χ0v) is 10.1. The molecule has 1 atom stereocenters. The molecule has 0 radical (unpaired) electrons. The lowest BCUT2D eigenvalue weighted by atomic mass is 10.1. The predicted octanol–water partition coefficient (Wildman–Crippen LogP) is 3.14. The van der Waals surface area contributed by atoms with Gasteiger partial charge in [-0.25, -0.2) is 8.78 Å². The Kier molecular flexibility index (Phi) is 4.87. The van der Waals surface area contributed by atoms with Crippen LogP contribution in [0.1, 0.15) is 26.3 Å². The Labute approximate surface area is 95.9 Å². The van der Waals surface area contributed by atoms with Crippen LogP contribution in [0.3, 0.4) is 0 Å². The van der Waals surface area contributed by atoms with Crippen molar-refractivity contribution in [2.24, 2.45) is 5.92 Å². The highest BCUT2D eigenvalue weighted by Crippen LogP contribution is 2.10. The van der Waals surface area contributed by atoms with Gasteiger partial charge in [-0.15, -0.1) is 0 Å². The summed E-state index contributed by atoms with van der Waals surface area (Å²) in [5, 5.41) is 3.29. The highest BCUT2D eigenvalue weighted by atomic mass is 19.1. The maximum atomic E-state index is 13.3. The van der Waals surface area contributed by atoms with Gasteiger partial charge >= 0.3 is 0 Å². The van der Waals surface area contributed by atoms with Crippen molar-refractivity contribution < 1.29 is 8.78 Å². The molecule has 0 aliphatic carbocycles. The number of halogens is 2. The largest absolute Gasteiger partial charge is 0.314 e. The Morgan fingerprint density at radius 3 is 2.50 bits per heavy atom. The smallest absolute Gasteiger partial charge is 0.126 e. The summed E-state index contributed by atoms with van der Waals surface area (Å²) < 4.78 is 26.1. The van der Waals surface area contributed by atoms with E-state index in [1.165, 1.54) is 12.1 Å². The van der Waals surface area contributed by atoms with Crippen molar-refractivity contribution >= 4 is 0 Å². The van der Waals surface area contributed by atoms with Gasteiger partial charge < -0.3 is 5.32 Å². The maximum Gasteiger partial charge on any atom is 0.126 e. The quantitative estimate of drug-likeness (QED) is 0.814. The highest BCUT2D eigenvalue weighted by molar-refractivity contribution is 5.18. The molecule has 0 fully saturated rings. The first-order chi connectivity index (χ1) is 7.50. The van der Waals surface area contributed by atoms with Crippen molar-refractivity contribution in [2.75, 3.05) is 6.54 Å². The summed E-state index contributed by atoms with van der Waals surface area (Å²) in [6.07, 6.45) is 0.515. The molecule has 16 heavy (non-hydrogen) atoms. The number of benzene rings is 1. The van der Waals surface area contributed by atoms with E-state index in [1.54, 1.807) is 0 Å². The van der Waals surface area contributed by atoms with Gasteiger partial charge in [0.05, 0.1) is 0 Å². The van der Waals surface area contributed by atoms with E-state index < -0.39 is 0 Å². The minimum absolute atomic E-state index is 0.333. The third kappa shape index (κ3) is 3.89. The molecule has 0 aliphatic heterocycles. The van der Waals surface area contributed by atoms with Crippen LogP contribution in [0.5, 0.6) is 0 Å². The van der Waals surface area contributed by atoms with Crippen molar-refractivity contribution in [3.05, 3.63) is 35.4 Å². The van der Waals surface area contributed by atoms with Crippen molar-refractivity contribution in [1.82, 2.24) is 5.32 Å². The van der Waals surface area contributed by atoms with Crippen molar-refractivity contribution in [2.45, 2.75) is 33.2 Å². The second-order valence-corrected chi connectivity index (χ2v) is 4.47. The van der Waals surface area contributed by atoms with Crippen LogP contribution in [-0.2, 0) is 6.42 Å². The van der Waals surface area contributed by atoms with Gasteiger partial charge in [-0.2, -0.15) is 0 Å². The van der Waals surface area contributed by atoms with Gasteiger partial charge in [-0.05, 0) is 49.6 Å². The molecule has 0 heterocycles. The van der Waals surface area contributed by atoms with E-state index in [2.05, 4.69) is 26.1 Å². The molecule has 1 rings (SSSR count). The molecule has 0 bridgehead atoms. The van der Waals surface area contributed by atoms with Crippen molar-refractivity contribution in [3.8, 4) is 0 Å². The van der Waals surface area contributed by atoms with Crippen molar-refractivity contribution in [3.63, 3.8) is 0 Å². The summed E-state index contributed by atoms with van der Waals surface area (Å²) in [6, 6.07) is 3.97. The predicted molar refractivity (Wildman–Crippen MR) is 62.4 cm³/mol. The Morgan fingerprint density at radius 2 is 1.88 bits per heavy atom. The maximum absolute atomic E-state index is 13.3. The van der Waals surface area contributed by atoms with Gasteiger partial charge in [0.2, 0.25) is 0 Å². The number of rotatable bonds is 5. The van der Waals surface area contributed by atoms with Crippen LogP contribution in [-0.4, -0.2) is 12.6 Å². The van der Waals surface area contributed by atoms with E-state index in [4.69, 9.17) is 0 Å². The zero-order chi connectivity index (χ0) is 12.1. The van der Waals surface area contributed by atoms with Crippen LogP contribution in [0.25, 0.3) is 0 Å². The summed E-state index contributed by atoms with van der Waals surface area (Å²) in [7, 11) is 0. The van der Waals surface area contributed by atoms with E-state index in [1.807, 2.05) is 0 Å². The van der Waals surface area contributed by atoms with Crippen LogP contribution in [0.2, 0.25) is 0 Å². The molecular formula is C13H19F2N. The average molecular weight is 227 g/mol. The van der Waals surface area contributed by atoms with E-state index in [-0.39, 0.29) is 11.6 Å². The molecule has 0 aromatic heterocycles. The first-order valence-electron chi connectivity index (χ1n) is 5.68. The van der Waals surface area contributed by atoms with Gasteiger partial charge in [-0.3, -0.25) is 0 Å². The second kappa shape index (κ2) is 5.94. The van der Waals surface area contributed by atoms with Crippen molar-refractivity contribution in [1.29, 1.82) is 0 Å². The molecule has 0 aliphatic rings. The SMILES string of the molecule is CC(C)C(C)NCCc1cc(F)ccc1F. The molecule has 1 nitrogen and oxygen atoms in total. The molecule has 0 spiro atoms. The van der Waals surface area contributed by atoms with Crippen LogP contribution in [0.15, 0.2) is 18.2 Å². The Bertz CT molecular complexity index is 337. The molecule has 3 heteroatoms. The molecule has 0 saturated heterocycles. The lowest BCUT2D eigenvalue weighted by molar-refractivity contribution is 0.428. The number of hydrogen-bond acceptors (Lipinski definition) is 1. The molecule has 1 aromatic rings. The molecule has 90 valence electrons. The summed E-state index contributed by atoms with van der Waals surface area (Å²) in [6.45, 7) is 7.01. The molecule has 0 amide bonds. The molecule has 1 aromatic carbocycles. The Hall–Kier alpha value is -0.960. The van der Waals surface area contributed by atoms with Crippen LogP contribution in [0, 0.1) is 17.6 Å². The van der Waals surface area contributed by atoms with Gasteiger partial charge in [0.1, 0.15) is 11.6 Å². The first kappa shape index (κ1) is 13.1. The first-order valence-corrected chi connectivity index (χ1v) is 5.68. The zero-order valence-electron chi connectivity index (χ0n) is 10.1. The van der Waals surface area contributed by atoms with E-state index in [0.717, 1.165) is 6.07 Å². The Morgan fingerprint density at radius 1 is 1.19 bits per heavy atom. The van der Waals surface area contributed by atoms with E-state index in [0.29, 0.717) is 30.5 Å². The van der Waals surface area contributed by atoms with E-state index >= 15 is 0 Å². The second-order valence-electron chi connectivity index (χ2n) is 4.47. The standard InChI is InChI=1S/C13H19F2N/c1-9(2)10(3)16-7-6-11-8-12(14)4-5-13(11)15/h4-5,8-10,16H,6-7H2,1-3H3. The summed E-state index contributed by atoms with van der Waals surface area (Å²) in [5.74, 6) is -0.175. The lowest BCUT2D eigenvalue weighted by Gasteiger charge is -2.17. The highest BCUT2D eigenvalue weighted by Gasteiger charge is 2.07. The van der Waals surface area contributed by atoms with Gasteiger partial charge in [0.15, 0.2) is 0 Å². The monoisotopic (exact) mass is 227 g/mol. The fraction of sp³-hybridized carbons (Fsp3) is 0.538. The average Bonchev–Trinajstić information content (AvgIpc) is 2.22. The molecule has 1 unspecified atom stereocenters. The minimum atomic E-state index is -0.381. The lowest BCUT2D eigenvalue weighted by Crippen LogP contribution is -2.32. The van der Waals surface area contributed by atoms with Crippen LogP contribution >= 0.6 is 0 Å². The topological polar surface area (TPSA) is 12.0 Å². The normalized spacial score (nSPS) is 13.1.